The van der Waals surface area contributed by atoms with Crippen LogP contribution in [-0.2, 0) is 4.74 Å². The number of ether oxygens (including phenoxy) is 2. The molecule has 0 fully saturated rings. The van der Waals surface area contributed by atoms with E-state index in [9.17, 15) is 9.59 Å². The Morgan fingerprint density at radius 1 is 1.05 bits per heavy atom. The van der Waals surface area contributed by atoms with Gasteiger partial charge in [0, 0.05) is 11.3 Å². The molecule has 0 saturated carbocycles. The van der Waals surface area contributed by atoms with Gasteiger partial charge in [-0.2, -0.15) is 0 Å². The SMILES string of the molecule is COC(=O)c1cccc(NC(=O)c2ccc(OC)c(Br)c2)c1. The normalized spacial score (nSPS) is 9.95. The van der Waals surface area contributed by atoms with Crippen LogP contribution in [0, 0.1) is 0 Å². The number of benzene rings is 2. The van der Waals surface area contributed by atoms with Crippen LogP contribution in [0.3, 0.4) is 0 Å². The lowest BCUT2D eigenvalue weighted by Gasteiger charge is -2.08. The predicted octanol–water partition coefficient (Wildman–Crippen LogP) is 3.50. The molecule has 114 valence electrons. The molecule has 0 saturated heterocycles. The van der Waals surface area contributed by atoms with Crippen LogP contribution in [0.1, 0.15) is 20.7 Å². The molecule has 0 unspecified atom stereocenters. The molecule has 0 aliphatic carbocycles. The van der Waals surface area contributed by atoms with Gasteiger partial charge in [-0.05, 0) is 52.3 Å². The van der Waals surface area contributed by atoms with Crippen molar-refractivity contribution in [1.82, 2.24) is 0 Å². The first-order valence-electron chi connectivity index (χ1n) is 6.38. The molecule has 0 aliphatic heterocycles. The molecular weight excluding hydrogens is 350 g/mol. The maximum atomic E-state index is 12.2. The number of esters is 1. The average Bonchev–Trinajstić information content (AvgIpc) is 2.54. The number of carbonyl (C=O) groups is 2. The summed E-state index contributed by atoms with van der Waals surface area (Å²) < 4.78 is 10.5. The second-order valence-electron chi connectivity index (χ2n) is 4.38. The van der Waals surface area contributed by atoms with Gasteiger partial charge in [0.1, 0.15) is 5.75 Å². The van der Waals surface area contributed by atoms with E-state index in [0.29, 0.717) is 27.0 Å². The lowest BCUT2D eigenvalue weighted by molar-refractivity contribution is 0.0600. The average molecular weight is 364 g/mol. The van der Waals surface area contributed by atoms with Gasteiger partial charge in [-0.25, -0.2) is 4.79 Å². The van der Waals surface area contributed by atoms with Crippen LogP contribution >= 0.6 is 15.9 Å². The molecule has 0 atom stereocenters. The highest BCUT2D eigenvalue weighted by atomic mass is 79.9. The Balaban J connectivity index is 2.18. The first kappa shape index (κ1) is 16.0. The van der Waals surface area contributed by atoms with Crippen LogP contribution in [0.25, 0.3) is 0 Å². The van der Waals surface area contributed by atoms with Gasteiger partial charge in [-0.15, -0.1) is 0 Å². The van der Waals surface area contributed by atoms with E-state index >= 15 is 0 Å². The number of hydrogen-bond donors (Lipinski definition) is 1. The molecular formula is C16H14BrNO4. The van der Waals surface area contributed by atoms with E-state index in [1.807, 2.05) is 0 Å². The molecule has 6 heteroatoms. The number of anilines is 1. The first-order valence-corrected chi connectivity index (χ1v) is 7.17. The summed E-state index contributed by atoms with van der Waals surface area (Å²) in [5, 5.41) is 2.73. The molecule has 2 aromatic rings. The molecule has 1 amide bonds. The van der Waals surface area contributed by atoms with Gasteiger partial charge >= 0.3 is 5.97 Å². The summed E-state index contributed by atoms with van der Waals surface area (Å²) in [6, 6.07) is 11.6. The standard InChI is InChI=1S/C16H14BrNO4/c1-21-14-7-6-10(9-13(14)17)15(19)18-12-5-3-4-11(8-12)16(20)22-2/h3-9H,1-2H3,(H,18,19). The van der Waals surface area contributed by atoms with Crippen LogP contribution in [0.5, 0.6) is 5.75 Å². The summed E-state index contributed by atoms with van der Waals surface area (Å²) in [6.07, 6.45) is 0. The molecule has 0 aromatic heterocycles. The van der Waals surface area contributed by atoms with Crippen molar-refractivity contribution in [2.45, 2.75) is 0 Å². The summed E-state index contributed by atoms with van der Waals surface area (Å²) in [5.41, 5.74) is 1.35. The fourth-order valence-corrected chi connectivity index (χ4v) is 2.39. The smallest absolute Gasteiger partial charge is 0.337 e. The molecule has 0 radical (unpaired) electrons. The highest BCUT2D eigenvalue weighted by molar-refractivity contribution is 9.10. The lowest BCUT2D eigenvalue weighted by atomic mass is 10.1. The van der Waals surface area contributed by atoms with Gasteiger partial charge in [-0.3, -0.25) is 4.79 Å². The van der Waals surface area contributed by atoms with Gasteiger partial charge in [0.25, 0.3) is 5.91 Å². The molecule has 0 heterocycles. The highest BCUT2D eigenvalue weighted by Gasteiger charge is 2.11. The molecule has 22 heavy (non-hydrogen) atoms. The van der Waals surface area contributed by atoms with E-state index in [-0.39, 0.29) is 5.91 Å². The molecule has 1 N–H and O–H groups in total. The van der Waals surface area contributed by atoms with Crippen LogP contribution in [-0.4, -0.2) is 26.1 Å². The van der Waals surface area contributed by atoms with E-state index in [1.54, 1.807) is 49.6 Å². The van der Waals surface area contributed by atoms with Gasteiger partial charge in [0.05, 0.1) is 24.3 Å². The van der Waals surface area contributed by atoms with Crippen LogP contribution in [0.2, 0.25) is 0 Å². The van der Waals surface area contributed by atoms with Gasteiger partial charge in [-0.1, -0.05) is 6.07 Å². The minimum atomic E-state index is -0.455. The van der Waals surface area contributed by atoms with Crippen molar-refractivity contribution in [3.8, 4) is 5.75 Å². The summed E-state index contributed by atoms with van der Waals surface area (Å²) in [6.45, 7) is 0. The minimum Gasteiger partial charge on any atom is -0.496 e. The Kier molecular flexibility index (Phi) is 5.16. The number of halogens is 1. The molecule has 0 aliphatic rings. The monoisotopic (exact) mass is 363 g/mol. The maximum Gasteiger partial charge on any atom is 0.337 e. The highest BCUT2D eigenvalue weighted by Crippen LogP contribution is 2.26. The van der Waals surface area contributed by atoms with Gasteiger partial charge < -0.3 is 14.8 Å². The zero-order chi connectivity index (χ0) is 16.1. The van der Waals surface area contributed by atoms with Crippen molar-refractivity contribution < 1.29 is 19.1 Å². The zero-order valence-corrected chi connectivity index (χ0v) is 13.6. The van der Waals surface area contributed by atoms with Crippen LogP contribution in [0.4, 0.5) is 5.69 Å². The van der Waals surface area contributed by atoms with Gasteiger partial charge in [0.15, 0.2) is 0 Å². The van der Waals surface area contributed by atoms with Crippen molar-refractivity contribution >= 4 is 33.5 Å². The summed E-state index contributed by atoms with van der Waals surface area (Å²) in [7, 11) is 2.86. The second-order valence-corrected chi connectivity index (χ2v) is 5.23. The lowest BCUT2D eigenvalue weighted by Crippen LogP contribution is -2.12. The van der Waals surface area contributed by atoms with Crippen molar-refractivity contribution in [2.75, 3.05) is 19.5 Å². The first-order chi connectivity index (χ1) is 10.5. The van der Waals surface area contributed by atoms with Crippen molar-refractivity contribution in [3.63, 3.8) is 0 Å². The van der Waals surface area contributed by atoms with Crippen molar-refractivity contribution in [3.05, 3.63) is 58.1 Å². The van der Waals surface area contributed by atoms with E-state index < -0.39 is 5.97 Å². The number of methoxy groups -OCH3 is 2. The summed E-state index contributed by atoms with van der Waals surface area (Å²) in [5.74, 6) is -0.0992. The number of hydrogen-bond acceptors (Lipinski definition) is 4. The number of rotatable bonds is 4. The van der Waals surface area contributed by atoms with E-state index in [2.05, 4.69) is 26.0 Å². The Bertz CT molecular complexity index is 715. The Morgan fingerprint density at radius 3 is 2.45 bits per heavy atom. The Labute approximate surface area is 136 Å². The summed E-state index contributed by atoms with van der Waals surface area (Å²) >= 11 is 3.33. The third kappa shape index (κ3) is 3.65. The topological polar surface area (TPSA) is 64.6 Å². The van der Waals surface area contributed by atoms with Crippen LogP contribution in [0.15, 0.2) is 46.9 Å². The van der Waals surface area contributed by atoms with E-state index in [4.69, 9.17) is 4.74 Å². The third-order valence-corrected chi connectivity index (χ3v) is 3.58. The molecule has 2 rings (SSSR count). The van der Waals surface area contributed by atoms with Gasteiger partial charge in [0.2, 0.25) is 0 Å². The number of amides is 1. The second kappa shape index (κ2) is 7.09. The fourth-order valence-electron chi connectivity index (χ4n) is 1.85. The minimum absolute atomic E-state index is 0.287. The Hall–Kier alpha value is -2.34. The third-order valence-electron chi connectivity index (χ3n) is 2.96. The van der Waals surface area contributed by atoms with Crippen molar-refractivity contribution in [2.24, 2.45) is 0 Å². The molecule has 0 spiro atoms. The number of nitrogens with one attached hydrogen (secondary N) is 1. The molecule has 5 nitrogen and oxygen atoms in total. The molecule has 2 aromatic carbocycles. The van der Waals surface area contributed by atoms with E-state index in [0.717, 1.165) is 0 Å². The summed E-state index contributed by atoms with van der Waals surface area (Å²) in [4.78, 5) is 23.7. The van der Waals surface area contributed by atoms with Crippen LogP contribution < -0.4 is 10.1 Å². The quantitative estimate of drug-likeness (QED) is 0.844. The largest absolute Gasteiger partial charge is 0.496 e. The predicted molar refractivity (Wildman–Crippen MR) is 86.4 cm³/mol. The number of carbonyl (C=O) groups excluding carboxylic acids is 2. The molecule has 0 bridgehead atoms. The van der Waals surface area contributed by atoms with Crippen molar-refractivity contribution in [1.29, 1.82) is 0 Å². The Morgan fingerprint density at radius 2 is 1.82 bits per heavy atom. The maximum absolute atomic E-state index is 12.2. The van der Waals surface area contributed by atoms with E-state index in [1.165, 1.54) is 7.11 Å². The fraction of sp³-hybridized carbons (Fsp3) is 0.125. The zero-order valence-electron chi connectivity index (χ0n) is 12.1.